The van der Waals surface area contributed by atoms with Crippen molar-refractivity contribution in [3.63, 3.8) is 0 Å². The Kier molecular flexibility index (Phi) is 8.44. The van der Waals surface area contributed by atoms with Gasteiger partial charge in [0.15, 0.2) is 0 Å². The maximum atomic E-state index is 2.43. The molecule has 2 nitrogen and oxygen atoms in total. The van der Waals surface area contributed by atoms with Crippen molar-refractivity contribution in [2.45, 2.75) is 27.7 Å². The molecule has 0 fully saturated rings. The number of fused-ring (bicyclic) bond motifs is 5. The van der Waals surface area contributed by atoms with Gasteiger partial charge in [-0.3, -0.25) is 0 Å². The monoisotopic (exact) mass is 694 g/mol. The molecule has 54 heavy (non-hydrogen) atoms. The number of nitrogens with zero attached hydrogens (tertiary/aromatic N) is 2. The molecule has 0 aromatic heterocycles. The van der Waals surface area contributed by atoms with Crippen molar-refractivity contribution in [2.75, 3.05) is 9.80 Å². The summed E-state index contributed by atoms with van der Waals surface area (Å²) in [6.45, 7) is 8.64. The van der Waals surface area contributed by atoms with Crippen LogP contribution < -0.4 is 9.80 Å². The van der Waals surface area contributed by atoms with Crippen molar-refractivity contribution in [1.82, 2.24) is 0 Å². The summed E-state index contributed by atoms with van der Waals surface area (Å²) in [4.78, 5) is 4.78. The first-order chi connectivity index (χ1) is 26.4. The minimum absolute atomic E-state index is 1.13. The van der Waals surface area contributed by atoms with Gasteiger partial charge in [-0.15, -0.1) is 0 Å². The lowest BCUT2D eigenvalue weighted by molar-refractivity contribution is 1.26. The van der Waals surface area contributed by atoms with Gasteiger partial charge in [0, 0.05) is 33.8 Å². The molecule has 2 heteroatoms. The lowest BCUT2D eigenvalue weighted by Gasteiger charge is -2.28. The van der Waals surface area contributed by atoms with Crippen LogP contribution in [-0.4, -0.2) is 0 Å². The largest absolute Gasteiger partial charge is 0.310 e. The maximum absolute atomic E-state index is 2.43. The van der Waals surface area contributed by atoms with E-state index in [1.807, 2.05) is 0 Å². The minimum atomic E-state index is 1.13. The Labute approximate surface area is 318 Å². The first-order valence-electron chi connectivity index (χ1n) is 18.8. The summed E-state index contributed by atoms with van der Waals surface area (Å²) in [5.41, 5.74) is 14.3. The summed E-state index contributed by atoms with van der Waals surface area (Å²) in [5.74, 6) is 0. The van der Waals surface area contributed by atoms with Crippen LogP contribution in [0.5, 0.6) is 0 Å². The highest BCUT2D eigenvalue weighted by Gasteiger charge is 2.20. The predicted molar refractivity (Wildman–Crippen MR) is 233 cm³/mol. The van der Waals surface area contributed by atoms with Crippen LogP contribution in [0.4, 0.5) is 34.1 Å². The zero-order valence-corrected chi connectivity index (χ0v) is 31.2. The fraction of sp³-hybridized carbons (Fsp3) is 0.0769. The highest BCUT2D eigenvalue weighted by molar-refractivity contribution is 6.24. The fourth-order valence-corrected chi connectivity index (χ4v) is 8.09. The topological polar surface area (TPSA) is 6.48 Å². The van der Waals surface area contributed by atoms with E-state index in [2.05, 4.69) is 219 Å². The zero-order valence-electron chi connectivity index (χ0n) is 31.2. The Bertz CT molecular complexity index is 2740. The Morgan fingerprint density at radius 3 is 1.17 bits per heavy atom. The van der Waals surface area contributed by atoms with Crippen molar-refractivity contribution in [3.8, 4) is 11.1 Å². The Morgan fingerprint density at radius 2 is 0.685 bits per heavy atom. The Morgan fingerprint density at radius 1 is 0.278 bits per heavy atom. The summed E-state index contributed by atoms with van der Waals surface area (Å²) in [6.07, 6.45) is 0. The fourth-order valence-electron chi connectivity index (χ4n) is 8.09. The van der Waals surface area contributed by atoms with Crippen LogP contribution in [0, 0.1) is 27.7 Å². The molecule has 9 aromatic carbocycles. The highest BCUT2D eigenvalue weighted by atomic mass is 15.1. The molecule has 0 atom stereocenters. The van der Waals surface area contributed by atoms with Gasteiger partial charge >= 0.3 is 0 Å². The summed E-state index contributed by atoms with van der Waals surface area (Å²) < 4.78 is 0. The first-order valence-corrected chi connectivity index (χ1v) is 18.8. The molecule has 0 heterocycles. The van der Waals surface area contributed by atoms with E-state index in [1.165, 1.54) is 71.4 Å². The van der Waals surface area contributed by atoms with Crippen molar-refractivity contribution >= 4 is 66.4 Å². The molecule has 9 rings (SSSR count). The smallest absolute Gasteiger partial charge is 0.0546 e. The van der Waals surface area contributed by atoms with E-state index in [1.54, 1.807) is 0 Å². The summed E-state index contributed by atoms with van der Waals surface area (Å²) in [6, 6.07) is 66.9. The molecule has 0 saturated carbocycles. The van der Waals surface area contributed by atoms with E-state index in [-0.39, 0.29) is 0 Å². The number of rotatable bonds is 7. The van der Waals surface area contributed by atoms with Crippen LogP contribution >= 0.6 is 0 Å². The molecule has 0 N–H and O–H groups in total. The van der Waals surface area contributed by atoms with Crippen LogP contribution in [0.15, 0.2) is 182 Å². The normalized spacial score (nSPS) is 11.3. The van der Waals surface area contributed by atoms with Gasteiger partial charge in [-0.25, -0.2) is 0 Å². The maximum Gasteiger partial charge on any atom is 0.0546 e. The molecule has 0 radical (unpaired) electrons. The molecule has 0 spiro atoms. The molecule has 0 unspecified atom stereocenters. The number of benzene rings is 9. The minimum Gasteiger partial charge on any atom is -0.310 e. The van der Waals surface area contributed by atoms with Gasteiger partial charge < -0.3 is 9.80 Å². The van der Waals surface area contributed by atoms with Crippen molar-refractivity contribution in [3.05, 3.63) is 204 Å². The van der Waals surface area contributed by atoms with E-state index in [0.717, 1.165) is 28.4 Å². The van der Waals surface area contributed by atoms with Crippen molar-refractivity contribution < 1.29 is 0 Å². The molecule has 0 bridgehead atoms. The zero-order chi connectivity index (χ0) is 36.8. The third-order valence-corrected chi connectivity index (χ3v) is 10.6. The Balaban J connectivity index is 1.24. The van der Waals surface area contributed by atoms with Gasteiger partial charge in [-0.1, -0.05) is 109 Å². The van der Waals surface area contributed by atoms with Gasteiger partial charge in [-0.05, 0) is 161 Å². The second-order valence-electron chi connectivity index (χ2n) is 14.6. The van der Waals surface area contributed by atoms with Crippen LogP contribution in [0.2, 0.25) is 0 Å². The third-order valence-electron chi connectivity index (χ3n) is 10.6. The Hall–Kier alpha value is -6.64. The molecule has 9 aromatic rings. The summed E-state index contributed by atoms with van der Waals surface area (Å²) in [7, 11) is 0. The second-order valence-corrected chi connectivity index (χ2v) is 14.6. The van der Waals surface area contributed by atoms with E-state index in [9.17, 15) is 0 Å². The van der Waals surface area contributed by atoms with Crippen molar-refractivity contribution in [2.24, 2.45) is 0 Å². The lowest BCUT2D eigenvalue weighted by Crippen LogP contribution is -2.11. The number of aryl methyl sites for hydroxylation is 4. The molecule has 260 valence electrons. The molecular formula is C52H42N2. The van der Waals surface area contributed by atoms with E-state index >= 15 is 0 Å². The van der Waals surface area contributed by atoms with Crippen LogP contribution in [-0.2, 0) is 0 Å². The lowest BCUT2D eigenvalue weighted by atomic mass is 9.90. The van der Waals surface area contributed by atoms with E-state index in [4.69, 9.17) is 0 Å². The number of hydrogen-bond acceptors (Lipinski definition) is 2. The molecule has 0 aliphatic carbocycles. The molecule has 0 aliphatic heterocycles. The van der Waals surface area contributed by atoms with Gasteiger partial charge in [0.2, 0.25) is 0 Å². The highest BCUT2D eigenvalue weighted by Crippen LogP contribution is 2.46. The second kappa shape index (κ2) is 13.7. The third kappa shape index (κ3) is 6.06. The van der Waals surface area contributed by atoms with Crippen molar-refractivity contribution in [1.29, 1.82) is 0 Å². The molecular weight excluding hydrogens is 653 g/mol. The predicted octanol–water partition coefficient (Wildman–Crippen LogP) is 15.0. The number of hydrogen-bond donors (Lipinski definition) is 0. The van der Waals surface area contributed by atoms with Crippen LogP contribution in [0.1, 0.15) is 22.3 Å². The van der Waals surface area contributed by atoms with Gasteiger partial charge in [0.05, 0.1) is 5.69 Å². The molecule has 0 amide bonds. The molecule has 0 aliphatic rings. The van der Waals surface area contributed by atoms with Gasteiger partial charge in [0.1, 0.15) is 0 Å². The van der Waals surface area contributed by atoms with Gasteiger partial charge in [0.25, 0.3) is 0 Å². The van der Waals surface area contributed by atoms with E-state index in [0.29, 0.717) is 0 Å². The summed E-state index contributed by atoms with van der Waals surface area (Å²) >= 11 is 0. The average molecular weight is 695 g/mol. The molecule has 0 saturated heterocycles. The van der Waals surface area contributed by atoms with Crippen LogP contribution in [0.3, 0.4) is 0 Å². The first kappa shape index (κ1) is 33.2. The van der Waals surface area contributed by atoms with Crippen LogP contribution in [0.25, 0.3) is 43.4 Å². The average Bonchev–Trinajstić information content (AvgIpc) is 3.18. The quantitative estimate of drug-likeness (QED) is 0.153. The standard InChI is InChI=1S/C52H42N2/c1-35-13-9-17-41(29-35)53(42-18-10-14-36(2)30-42)40-27-25-39(26-28-40)49-33-50-47-23-7-8-24-48(47)52(34-51(50)46-22-6-5-21-45(46)49)54(43-19-11-15-37(3)31-43)44-20-12-16-38(4)32-44/h5-34H,1-4H3. The van der Waals surface area contributed by atoms with Gasteiger partial charge in [-0.2, -0.15) is 0 Å². The summed E-state index contributed by atoms with van der Waals surface area (Å²) in [5, 5.41) is 7.44. The SMILES string of the molecule is Cc1cccc(N(c2ccc(-c3cc4c5ccccc5c(N(c5cccc(C)c5)c5cccc(C)c5)cc4c4ccccc34)cc2)c2cccc(C)c2)c1. The van der Waals surface area contributed by atoms with E-state index < -0.39 is 0 Å². The number of anilines is 6.